The SMILES string of the molecule is C=C1CC(c2ccc(Cl)cc2Cl)CCC1=O. The number of Topliss-reactive ketones (excluding diaryl/α,β-unsaturated/α-hetero) is 1. The zero-order chi connectivity index (χ0) is 11.7. The highest BCUT2D eigenvalue weighted by Crippen LogP contribution is 2.37. The fourth-order valence-corrected chi connectivity index (χ4v) is 2.66. The van der Waals surface area contributed by atoms with Crippen LogP contribution in [0.25, 0.3) is 0 Å². The Morgan fingerprint density at radius 2 is 2.06 bits per heavy atom. The van der Waals surface area contributed by atoms with Crippen molar-refractivity contribution in [1.29, 1.82) is 0 Å². The van der Waals surface area contributed by atoms with E-state index in [1.165, 1.54) is 0 Å². The van der Waals surface area contributed by atoms with Gasteiger partial charge in [0.1, 0.15) is 0 Å². The molecular formula is C13H12Cl2O. The van der Waals surface area contributed by atoms with Crippen molar-refractivity contribution in [2.24, 2.45) is 0 Å². The molecule has 0 N–H and O–H groups in total. The molecule has 0 heterocycles. The standard InChI is InChI=1S/C13H12Cl2O/c1-8-6-9(2-5-13(8)16)11-4-3-10(14)7-12(11)15/h3-4,7,9H,1-2,5-6H2. The number of carbonyl (C=O) groups excluding carboxylic acids is 1. The van der Waals surface area contributed by atoms with E-state index in [4.69, 9.17) is 23.2 Å². The number of benzene rings is 1. The summed E-state index contributed by atoms with van der Waals surface area (Å²) in [5.74, 6) is 0.483. The second-order valence-electron chi connectivity index (χ2n) is 4.13. The van der Waals surface area contributed by atoms with Gasteiger partial charge in [-0.3, -0.25) is 4.79 Å². The van der Waals surface area contributed by atoms with Crippen LogP contribution in [0.1, 0.15) is 30.7 Å². The zero-order valence-electron chi connectivity index (χ0n) is 8.80. The summed E-state index contributed by atoms with van der Waals surface area (Å²) >= 11 is 12.0. The van der Waals surface area contributed by atoms with Gasteiger partial charge in [-0.25, -0.2) is 0 Å². The molecule has 2 rings (SSSR count). The molecule has 1 aromatic carbocycles. The second-order valence-corrected chi connectivity index (χ2v) is 4.98. The van der Waals surface area contributed by atoms with Gasteiger partial charge in [-0.2, -0.15) is 0 Å². The zero-order valence-corrected chi connectivity index (χ0v) is 10.3. The van der Waals surface area contributed by atoms with Crippen LogP contribution in [0.5, 0.6) is 0 Å². The van der Waals surface area contributed by atoms with E-state index >= 15 is 0 Å². The first-order valence-corrected chi connectivity index (χ1v) is 5.99. The Morgan fingerprint density at radius 1 is 1.31 bits per heavy atom. The van der Waals surface area contributed by atoms with E-state index in [2.05, 4.69) is 6.58 Å². The minimum Gasteiger partial charge on any atom is -0.295 e. The molecule has 0 aromatic heterocycles. The highest BCUT2D eigenvalue weighted by atomic mass is 35.5. The molecule has 0 amide bonds. The van der Waals surface area contributed by atoms with Crippen molar-refractivity contribution in [1.82, 2.24) is 0 Å². The Kier molecular flexibility index (Phi) is 3.36. The van der Waals surface area contributed by atoms with Crippen LogP contribution in [0.4, 0.5) is 0 Å². The summed E-state index contributed by atoms with van der Waals surface area (Å²) < 4.78 is 0. The van der Waals surface area contributed by atoms with Crippen LogP contribution in [-0.4, -0.2) is 5.78 Å². The van der Waals surface area contributed by atoms with Crippen LogP contribution in [0.15, 0.2) is 30.4 Å². The molecular weight excluding hydrogens is 243 g/mol. The Bertz CT molecular complexity index is 451. The molecule has 1 saturated carbocycles. The summed E-state index contributed by atoms with van der Waals surface area (Å²) in [6.45, 7) is 3.80. The largest absolute Gasteiger partial charge is 0.295 e. The third-order valence-corrected chi connectivity index (χ3v) is 3.57. The van der Waals surface area contributed by atoms with Gasteiger partial charge < -0.3 is 0 Å². The van der Waals surface area contributed by atoms with Gasteiger partial charge in [-0.15, -0.1) is 0 Å². The van der Waals surface area contributed by atoms with E-state index < -0.39 is 0 Å². The molecule has 1 unspecified atom stereocenters. The molecule has 1 aliphatic carbocycles. The summed E-state index contributed by atoms with van der Waals surface area (Å²) in [7, 11) is 0. The first-order chi connectivity index (χ1) is 7.58. The summed E-state index contributed by atoms with van der Waals surface area (Å²) in [5.41, 5.74) is 1.78. The van der Waals surface area contributed by atoms with Crippen molar-refractivity contribution < 1.29 is 4.79 Å². The first kappa shape index (κ1) is 11.7. The van der Waals surface area contributed by atoms with Crippen molar-refractivity contribution in [2.45, 2.75) is 25.2 Å². The molecule has 1 atom stereocenters. The van der Waals surface area contributed by atoms with Crippen LogP contribution in [0.3, 0.4) is 0 Å². The van der Waals surface area contributed by atoms with Gasteiger partial charge in [0, 0.05) is 16.5 Å². The number of carbonyl (C=O) groups is 1. The Morgan fingerprint density at radius 3 is 2.69 bits per heavy atom. The monoisotopic (exact) mass is 254 g/mol. The van der Waals surface area contributed by atoms with E-state index in [1.54, 1.807) is 6.07 Å². The molecule has 0 aliphatic heterocycles. The van der Waals surface area contributed by atoms with Gasteiger partial charge in [0.15, 0.2) is 5.78 Å². The Balaban J connectivity index is 2.25. The molecule has 0 radical (unpaired) electrons. The van der Waals surface area contributed by atoms with Crippen LogP contribution in [0, 0.1) is 0 Å². The maximum absolute atomic E-state index is 11.4. The van der Waals surface area contributed by atoms with Crippen LogP contribution in [0.2, 0.25) is 10.0 Å². The molecule has 1 fully saturated rings. The van der Waals surface area contributed by atoms with Gasteiger partial charge in [0.05, 0.1) is 0 Å². The fraction of sp³-hybridized carbons (Fsp3) is 0.308. The molecule has 1 aromatic rings. The van der Waals surface area contributed by atoms with Gasteiger partial charge in [0.2, 0.25) is 0 Å². The summed E-state index contributed by atoms with van der Waals surface area (Å²) in [6.07, 6.45) is 2.13. The number of hydrogen-bond acceptors (Lipinski definition) is 1. The average molecular weight is 255 g/mol. The topological polar surface area (TPSA) is 17.1 Å². The van der Waals surface area contributed by atoms with E-state index in [0.717, 1.165) is 12.0 Å². The van der Waals surface area contributed by atoms with E-state index in [-0.39, 0.29) is 5.78 Å². The molecule has 1 aliphatic rings. The van der Waals surface area contributed by atoms with Crippen molar-refractivity contribution in [3.8, 4) is 0 Å². The summed E-state index contributed by atoms with van der Waals surface area (Å²) in [5, 5.41) is 1.32. The minimum atomic E-state index is 0.182. The molecule has 0 bridgehead atoms. The van der Waals surface area contributed by atoms with Crippen LogP contribution in [-0.2, 0) is 4.79 Å². The first-order valence-electron chi connectivity index (χ1n) is 5.24. The number of halogens is 2. The summed E-state index contributed by atoms with van der Waals surface area (Å²) in [6, 6.07) is 5.53. The predicted molar refractivity (Wildman–Crippen MR) is 67.2 cm³/mol. The molecule has 16 heavy (non-hydrogen) atoms. The van der Waals surface area contributed by atoms with Crippen molar-refractivity contribution in [3.05, 3.63) is 46.0 Å². The van der Waals surface area contributed by atoms with Gasteiger partial charge in [-0.05, 0) is 42.0 Å². The lowest BCUT2D eigenvalue weighted by Crippen LogP contribution is -2.15. The Hall–Kier alpha value is -0.790. The lowest BCUT2D eigenvalue weighted by Gasteiger charge is -2.23. The van der Waals surface area contributed by atoms with Gasteiger partial charge in [0.25, 0.3) is 0 Å². The molecule has 3 heteroatoms. The highest BCUT2D eigenvalue weighted by Gasteiger charge is 2.24. The third kappa shape index (κ3) is 2.31. The van der Waals surface area contributed by atoms with Crippen molar-refractivity contribution in [3.63, 3.8) is 0 Å². The lowest BCUT2D eigenvalue weighted by atomic mass is 9.81. The van der Waals surface area contributed by atoms with Gasteiger partial charge >= 0.3 is 0 Å². The highest BCUT2D eigenvalue weighted by molar-refractivity contribution is 6.35. The smallest absolute Gasteiger partial charge is 0.158 e. The maximum atomic E-state index is 11.4. The predicted octanol–water partition coefficient (Wildman–Crippen LogP) is 4.39. The average Bonchev–Trinajstić information content (AvgIpc) is 2.22. The van der Waals surface area contributed by atoms with E-state index in [9.17, 15) is 4.79 Å². The quantitative estimate of drug-likeness (QED) is 0.680. The number of ketones is 1. The van der Waals surface area contributed by atoms with Crippen molar-refractivity contribution in [2.75, 3.05) is 0 Å². The Labute approximate surface area is 105 Å². The maximum Gasteiger partial charge on any atom is 0.158 e. The minimum absolute atomic E-state index is 0.182. The number of rotatable bonds is 1. The van der Waals surface area contributed by atoms with Crippen LogP contribution >= 0.6 is 23.2 Å². The number of allylic oxidation sites excluding steroid dienone is 1. The van der Waals surface area contributed by atoms with Gasteiger partial charge in [-0.1, -0.05) is 35.8 Å². The lowest BCUT2D eigenvalue weighted by molar-refractivity contribution is -0.116. The van der Waals surface area contributed by atoms with Crippen molar-refractivity contribution >= 4 is 29.0 Å². The normalized spacial score (nSPS) is 21.2. The fourth-order valence-electron chi connectivity index (χ4n) is 2.09. The summed E-state index contributed by atoms with van der Waals surface area (Å²) in [4.78, 5) is 11.4. The molecule has 0 spiro atoms. The molecule has 1 nitrogen and oxygen atoms in total. The third-order valence-electron chi connectivity index (χ3n) is 3.01. The molecule has 84 valence electrons. The van der Waals surface area contributed by atoms with E-state index in [0.29, 0.717) is 34.4 Å². The second kappa shape index (κ2) is 4.60. The molecule has 0 saturated heterocycles. The van der Waals surface area contributed by atoms with Crippen LogP contribution < -0.4 is 0 Å². The number of hydrogen-bond donors (Lipinski definition) is 0. The van der Waals surface area contributed by atoms with E-state index in [1.807, 2.05) is 12.1 Å².